The minimum atomic E-state index is 0.482. The van der Waals surface area contributed by atoms with Crippen molar-refractivity contribution in [3.8, 4) is 0 Å². The number of halogens is 2. The molecule has 0 atom stereocenters. The molecular formula is C22H18Cl2N4S. The lowest BCUT2D eigenvalue weighted by Crippen LogP contribution is -2.19. The van der Waals surface area contributed by atoms with Gasteiger partial charge in [0, 0.05) is 32.9 Å². The van der Waals surface area contributed by atoms with Crippen LogP contribution >= 0.6 is 35.4 Å². The number of fused-ring (bicyclic) bond motifs is 1. The van der Waals surface area contributed by atoms with Crippen LogP contribution in [0.2, 0.25) is 10.0 Å². The van der Waals surface area contributed by atoms with Crippen molar-refractivity contribution < 1.29 is 0 Å². The Kier molecular flexibility index (Phi) is 5.72. The second kappa shape index (κ2) is 8.41. The van der Waals surface area contributed by atoms with Crippen molar-refractivity contribution in [2.45, 2.75) is 13.5 Å². The quantitative estimate of drug-likeness (QED) is 0.355. The monoisotopic (exact) mass is 440 g/mol. The first-order valence-corrected chi connectivity index (χ1v) is 10.2. The Bertz CT molecular complexity index is 1200. The lowest BCUT2D eigenvalue weighted by molar-refractivity contribution is 0.668. The first-order chi connectivity index (χ1) is 14.0. The molecule has 1 aromatic heterocycles. The number of hydrogen-bond acceptors (Lipinski definition) is 2. The number of thiocarbonyl (C=S) groups is 1. The third kappa shape index (κ3) is 4.53. The maximum Gasteiger partial charge on any atom is 0.176 e. The van der Waals surface area contributed by atoms with Crippen molar-refractivity contribution >= 4 is 62.8 Å². The third-order valence-electron chi connectivity index (χ3n) is 4.60. The number of aryl methyl sites for hydroxylation is 1. The van der Waals surface area contributed by atoms with Crippen LogP contribution in [0.3, 0.4) is 0 Å². The standard InChI is InChI=1S/C22H18Cl2N4S/c1-14-11-21(27-28(14)13-16-9-10-17(23)12-19(16)24)26-22(29)25-20-8-4-6-15-5-2-3-7-18(15)20/h2-12H,13H2,1H3,(H2,25,26,27,29). The van der Waals surface area contributed by atoms with Crippen LogP contribution in [0, 0.1) is 6.92 Å². The predicted octanol–water partition coefficient (Wildman–Crippen LogP) is 6.51. The van der Waals surface area contributed by atoms with Gasteiger partial charge in [0.2, 0.25) is 0 Å². The predicted molar refractivity (Wildman–Crippen MR) is 126 cm³/mol. The van der Waals surface area contributed by atoms with Crippen LogP contribution in [-0.4, -0.2) is 14.9 Å². The fraction of sp³-hybridized carbons (Fsp3) is 0.0909. The molecular weight excluding hydrogens is 423 g/mol. The molecule has 1 heterocycles. The van der Waals surface area contributed by atoms with Gasteiger partial charge < -0.3 is 10.6 Å². The summed E-state index contributed by atoms with van der Waals surface area (Å²) in [5.41, 5.74) is 2.89. The van der Waals surface area contributed by atoms with Crippen LogP contribution in [-0.2, 0) is 6.54 Å². The van der Waals surface area contributed by atoms with E-state index >= 15 is 0 Å². The Morgan fingerprint density at radius 2 is 1.79 bits per heavy atom. The second-order valence-corrected chi connectivity index (χ2v) is 7.92. The highest BCUT2D eigenvalue weighted by atomic mass is 35.5. The molecule has 0 bridgehead atoms. The third-order valence-corrected chi connectivity index (χ3v) is 5.39. The van der Waals surface area contributed by atoms with Crippen LogP contribution in [0.4, 0.5) is 11.5 Å². The fourth-order valence-electron chi connectivity index (χ4n) is 3.15. The fourth-order valence-corrected chi connectivity index (χ4v) is 3.83. The highest BCUT2D eigenvalue weighted by Gasteiger charge is 2.10. The molecule has 4 aromatic rings. The van der Waals surface area contributed by atoms with Crippen LogP contribution in [0.1, 0.15) is 11.3 Å². The number of rotatable bonds is 4. The molecule has 4 rings (SSSR count). The van der Waals surface area contributed by atoms with Crippen molar-refractivity contribution in [2.24, 2.45) is 0 Å². The van der Waals surface area contributed by atoms with E-state index in [1.54, 1.807) is 6.07 Å². The molecule has 4 nitrogen and oxygen atoms in total. The minimum absolute atomic E-state index is 0.482. The average molecular weight is 441 g/mol. The maximum atomic E-state index is 6.29. The summed E-state index contributed by atoms with van der Waals surface area (Å²) in [6.45, 7) is 2.54. The topological polar surface area (TPSA) is 41.9 Å². The van der Waals surface area contributed by atoms with Gasteiger partial charge in [-0.25, -0.2) is 0 Å². The summed E-state index contributed by atoms with van der Waals surface area (Å²) in [6, 6.07) is 21.7. The molecule has 146 valence electrons. The van der Waals surface area contributed by atoms with Gasteiger partial charge in [0.05, 0.1) is 6.54 Å². The van der Waals surface area contributed by atoms with Gasteiger partial charge >= 0.3 is 0 Å². The first-order valence-electron chi connectivity index (χ1n) is 9.04. The summed E-state index contributed by atoms with van der Waals surface area (Å²) >= 11 is 17.8. The van der Waals surface area contributed by atoms with Crippen molar-refractivity contribution in [1.82, 2.24) is 9.78 Å². The number of benzene rings is 3. The largest absolute Gasteiger partial charge is 0.332 e. The molecule has 0 aliphatic rings. The van der Waals surface area contributed by atoms with Crippen molar-refractivity contribution in [1.29, 1.82) is 0 Å². The Morgan fingerprint density at radius 3 is 2.62 bits per heavy atom. The Morgan fingerprint density at radius 1 is 1.00 bits per heavy atom. The van der Waals surface area contributed by atoms with Gasteiger partial charge in [0.1, 0.15) is 0 Å². The zero-order valence-corrected chi connectivity index (χ0v) is 17.9. The molecule has 0 saturated heterocycles. The summed E-state index contributed by atoms with van der Waals surface area (Å²) in [4.78, 5) is 0. The van der Waals surface area contributed by atoms with Crippen LogP contribution in [0.25, 0.3) is 10.8 Å². The highest BCUT2D eigenvalue weighted by Crippen LogP contribution is 2.24. The van der Waals surface area contributed by atoms with Crippen molar-refractivity contribution in [2.75, 3.05) is 10.6 Å². The van der Waals surface area contributed by atoms with Crippen LogP contribution in [0.5, 0.6) is 0 Å². The van der Waals surface area contributed by atoms with Gasteiger partial charge in [-0.3, -0.25) is 4.68 Å². The second-order valence-electron chi connectivity index (χ2n) is 6.67. The van der Waals surface area contributed by atoms with E-state index in [1.165, 1.54) is 0 Å². The zero-order chi connectivity index (χ0) is 20.4. The van der Waals surface area contributed by atoms with Gasteiger partial charge in [-0.15, -0.1) is 0 Å². The lowest BCUT2D eigenvalue weighted by Gasteiger charge is -2.11. The Balaban J connectivity index is 1.48. The van der Waals surface area contributed by atoms with Gasteiger partial charge in [0.25, 0.3) is 0 Å². The van der Waals surface area contributed by atoms with Gasteiger partial charge in [-0.1, -0.05) is 65.7 Å². The Hall–Kier alpha value is -2.60. The smallest absolute Gasteiger partial charge is 0.176 e. The normalized spacial score (nSPS) is 10.9. The van der Waals surface area contributed by atoms with E-state index in [-0.39, 0.29) is 0 Å². The molecule has 0 spiro atoms. The van der Waals surface area contributed by atoms with Crippen molar-refractivity contribution in [3.63, 3.8) is 0 Å². The molecule has 0 aliphatic heterocycles. The number of anilines is 2. The minimum Gasteiger partial charge on any atom is -0.332 e. The molecule has 0 aliphatic carbocycles. The van der Waals surface area contributed by atoms with Crippen LogP contribution in [0.15, 0.2) is 66.7 Å². The lowest BCUT2D eigenvalue weighted by atomic mass is 10.1. The number of aromatic nitrogens is 2. The summed E-state index contributed by atoms with van der Waals surface area (Å²) in [6.07, 6.45) is 0. The van der Waals surface area contributed by atoms with E-state index in [2.05, 4.69) is 33.9 Å². The SMILES string of the molecule is Cc1cc(NC(=S)Nc2cccc3ccccc23)nn1Cc1ccc(Cl)cc1Cl. The Labute approximate surface area is 184 Å². The summed E-state index contributed by atoms with van der Waals surface area (Å²) in [7, 11) is 0. The average Bonchev–Trinajstić information content (AvgIpc) is 3.03. The van der Waals surface area contributed by atoms with E-state index in [9.17, 15) is 0 Å². The van der Waals surface area contributed by atoms with E-state index in [0.29, 0.717) is 27.5 Å². The number of hydrogen-bond donors (Lipinski definition) is 2. The van der Waals surface area contributed by atoms with Crippen LogP contribution < -0.4 is 10.6 Å². The molecule has 7 heteroatoms. The van der Waals surface area contributed by atoms with Gasteiger partial charge in [-0.2, -0.15) is 5.10 Å². The summed E-state index contributed by atoms with van der Waals surface area (Å²) in [5, 5.41) is 15.0. The van der Waals surface area contributed by atoms with E-state index in [1.807, 2.05) is 54.1 Å². The molecule has 0 unspecified atom stereocenters. The number of nitrogens with zero attached hydrogens (tertiary/aromatic N) is 2. The van der Waals surface area contributed by atoms with Crippen molar-refractivity contribution in [3.05, 3.63) is 88.0 Å². The van der Waals surface area contributed by atoms with E-state index < -0.39 is 0 Å². The molecule has 29 heavy (non-hydrogen) atoms. The van der Waals surface area contributed by atoms with E-state index in [0.717, 1.165) is 27.7 Å². The summed E-state index contributed by atoms with van der Waals surface area (Å²) in [5.74, 6) is 0.672. The van der Waals surface area contributed by atoms with E-state index in [4.69, 9.17) is 35.4 Å². The molecule has 2 N–H and O–H groups in total. The van der Waals surface area contributed by atoms with Gasteiger partial charge in [-0.05, 0) is 48.3 Å². The first kappa shape index (κ1) is 19.7. The zero-order valence-electron chi connectivity index (χ0n) is 15.6. The maximum absolute atomic E-state index is 6.29. The molecule has 3 aromatic carbocycles. The molecule has 0 amide bonds. The molecule has 0 fully saturated rings. The molecule has 0 radical (unpaired) electrons. The highest BCUT2D eigenvalue weighted by molar-refractivity contribution is 7.80. The van der Waals surface area contributed by atoms with Gasteiger partial charge in [0.15, 0.2) is 10.9 Å². The summed E-state index contributed by atoms with van der Waals surface area (Å²) < 4.78 is 1.87. The molecule has 0 saturated carbocycles. The number of nitrogens with one attached hydrogen (secondary N) is 2.